The molecule has 0 aromatic carbocycles. The summed E-state index contributed by atoms with van der Waals surface area (Å²) < 4.78 is 2.00. The van der Waals surface area contributed by atoms with Gasteiger partial charge in [0.25, 0.3) is 0 Å². The third-order valence-electron chi connectivity index (χ3n) is 3.36. The van der Waals surface area contributed by atoms with E-state index in [1.165, 1.54) is 5.56 Å². The molecule has 1 aromatic heterocycles. The Kier molecular flexibility index (Phi) is 5.19. The lowest BCUT2D eigenvalue weighted by atomic mass is 9.77. The molecule has 98 valence electrons. The highest BCUT2D eigenvalue weighted by Gasteiger charge is 2.24. The number of hydrogen-bond acceptors (Lipinski definition) is 2. The fourth-order valence-corrected chi connectivity index (χ4v) is 1.97. The van der Waals surface area contributed by atoms with Crippen LogP contribution in [-0.4, -0.2) is 22.9 Å². The maximum atomic E-state index is 4.35. The molecule has 0 fully saturated rings. The minimum absolute atomic E-state index is 0.330. The summed E-state index contributed by atoms with van der Waals surface area (Å²) >= 11 is 0. The maximum Gasteiger partial charge on any atom is 0.0521 e. The van der Waals surface area contributed by atoms with Crippen LogP contribution in [0.4, 0.5) is 0 Å². The van der Waals surface area contributed by atoms with Crippen LogP contribution >= 0.6 is 0 Å². The van der Waals surface area contributed by atoms with Gasteiger partial charge in [0.2, 0.25) is 0 Å². The first kappa shape index (κ1) is 14.2. The van der Waals surface area contributed by atoms with Crippen molar-refractivity contribution in [3.8, 4) is 0 Å². The Balaban J connectivity index is 2.65. The van der Waals surface area contributed by atoms with Gasteiger partial charge in [-0.25, -0.2) is 0 Å². The highest BCUT2D eigenvalue weighted by atomic mass is 15.3. The van der Waals surface area contributed by atoms with Crippen molar-refractivity contribution >= 4 is 0 Å². The molecule has 0 aliphatic heterocycles. The van der Waals surface area contributed by atoms with Gasteiger partial charge in [0.15, 0.2) is 0 Å². The van der Waals surface area contributed by atoms with E-state index < -0.39 is 0 Å². The third-order valence-corrected chi connectivity index (χ3v) is 3.36. The van der Waals surface area contributed by atoms with Gasteiger partial charge in [-0.05, 0) is 43.3 Å². The molecule has 1 heterocycles. The molecule has 17 heavy (non-hydrogen) atoms. The second-order valence-electron chi connectivity index (χ2n) is 5.78. The topological polar surface area (TPSA) is 29.9 Å². The van der Waals surface area contributed by atoms with Crippen molar-refractivity contribution < 1.29 is 0 Å². The highest BCUT2D eigenvalue weighted by Crippen LogP contribution is 2.28. The Morgan fingerprint density at radius 3 is 2.53 bits per heavy atom. The average Bonchev–Trinajstić information content (AvgIpc) is 2.70. The SMILES string of the molecule is CCNCC(Cc1cnn(CC)c1)C(C)(C)C. The van der Waals surface area contributed by atoms with E-state index in [9.17, 15) is 0 Å². The van der Waals surface area contributed by atoms with Gasteiger partial charge in [-0.3, -0.25) is 4.68 Å². The summed E-state index contributed by atoms with van der Waals surface area (Å²) in [5.41, 5.74) is 1.68. The van der Waals surface area contributed by atoms with E-state index in [4.69, 9.17) is 0 Å². The zero-order chi connectivity index (χ0) is 12.9. The predicted molar refractivity (Wildman–Crippen MR) is 73.1 cm³/mol. The van der Waals surface area contributed by atoms with Crippen LogP contribution in [0.2, 0.25) is 0 Å². The third kappa shape index (κ3) is 4.50. The first-order valence-electron chi connectivity index (χ1n) is 6.69. The number of nitrogens with one attached hydrogen (secondary N) is 1. The van der Waals surface area contributed by atoms with Crippen molar-refractivity contribution in [3.05, 3.63) is 18.0 Å². The van der Waals surface area contributed by atoms with Crippen LogP contribution < -0.4 is 5.32 Å². The molecule has 0 spiro atoms. The molecule has 0 amide bonds. The van der Waals surface area contributed by atoms with Crippen LogP contribution in [0.3, 0.4) is 0 Å². The molecule has 3 heteroatoms. The maximum absolute atomic E-state index is 4.35. The Hall–Kier alpha value is -0.830. The largest absolute Gasteiger partial charge is 0.317 e. The molecular formula is C14H27N3. The van der Waals surface area contributed by atoms with Gasteiger partial charge in [0.05, 0.1) is 6.20 Å². The van der Waals surface area contributed by atoms with Gasteiger partial charge in [0.1, 0.15) is 0 Å². The van der Waals surface area contributed by atoms with E-state index in [0.717, 1.165) is 26.1 Å². The minimum atomic E-state index is 0.330. The van der Waals surface area contributed by atoms with Crippen molar-refractivity contribution in [3.63, 3.8) is 0 Å². The second kappa shape index (κ2) is 6.20. The lowest BCUT2D eigenvalue weighted by Crippen LogP contribution is -2.33. The molecule has 1 N–H and O–H groups in total. The van der Waals surface area contributed by atoms with Crippen molar-refractivity contribution in [2.45, 2.75) is 47.6 Å². The molecule has 0 aliphatic carbocycles. The second-order valence-corrected chi connectivity index (χ2v) is 5.78. The molecule has 0 aliphatic rings. The Bertz CT molecular complexity index is 322. The van der Waals surface area contributed by atoms with E-state index in [1.807, 2.05) is 10.9 Å². The summed E-state index contributed by atoms with van der Waals surface area (Å²) in [5, 5.41) is 7.82. The lowest BCUT2D eigenvalue weighted by Gasteiger charge is -2.30. The number of aromatic nitrogens is 2. The van der Waals surface area contributed by atoms with Gasteiger partial charge < -0.3 is 5.32 Å². The standard InChI is InChI=1S/C14H27N3/c1-6-15-10-13(14(3,4)5)8-12-9-16-17(7-2)11-12/h9,11,13,15H,6-8,10H2,1-5H3. The van der Waals surface area contributed by atoms with E-state index >= 15 is 0 Å². The quantitative estimate of drug-likeness (QED) is 0.824. The van der Waals surface area contributed by atoms with Crippen LogP contribution in [-0.2, 0) is 13.0 Å². The van der Waals surface area contributed by atoms with Crippen molar-refractivity contribution in [1.82, 2.24) is 15.1 Å². The predicted octanol–water partition coefficient (Wildman–Crippen LogP) is 2.72. The molecule has 0 radical (unpaired) electrons. The average molecular weight is 237 g/mol. The van der Waals surface area contributed by atoms with Crippen LogP contribution in [0.5, 0.6) is 0 Å². The van der Waals surface area contributed by atoms with Crippen LogP contribution in [0.1, 0.15) is 40.2 Å². The summed E-state index contributed by atoms with van der Waals surface area (Å²) in [6.45, 7) is 14.3. The number of aryl methyl sites for hydroxylation is 1. The molecule has 0 bridgehead atoms. The minimum Gasteiger partial charge on any atom is -0.317 e. The first-order chi connectivity index (χ1) is 7.97. The van der Waals surface area contributed by atoms with Gasteiger partial charge >= 0.3 is 0 Å². The Morgan fingerprint density at radius 1 is 1.35 bits per heavy atom. The molecular weight excluding hydrogens is 210 g/mol. The zero-order valence-corrected chi connectivity index (χ0v) is 12.0. The molecule has 1 atom stereocenters. The fraction of sp³-hybridized carbons (Fsp3) is 0.786. The zero-order valence-electron chi connectivity index (χ0n) is 12.0. The molecule has 1 unspecified atom stereocenters. The van der Waals surface area contributed by atoms with Gasteiger partial charge in [-0.1, -0.05) is 27.7 Å². The van der Waals surface area contributed by atoms with Crippen molar-refractivity contribution in [1.29, 1.82) is 0 Å². The Morgan fingerprint density at radius 2 is 2.06 bits per heavy atom. The summed E-state index contributed by atoms with van der Waals surface area (Å²) in [6, 6.07) is 0. The molecule has 1 aromatic rings. The molecule has 0 saturated heterocycles. The number of rotatable bonds is 6. The summed E-state index contributed by atoms with van der Waals surface area (Å²) in [4.78, 5) is 0. The first-order valence-corrected chi connectivity index (χ1v) is 6.69. The summed E-state index contributed by atoms with van der Waals surface area (Å²) in [6.07, 6.45) is 5.29. The molecule has 0 saturated carbocycles. The van der Waals surface area contributed by atoms with Gasteiger partial charge in [-0.2, -0.15) is 5.10 Å². The smallest absolute Gasteiger partial charge is 0.0521 e. The summed E-state index contributed by atoms with van der Waals surface area (Å²) in [7, 11) is 0. The Labute approximate surface area is 106 Å². The van der Waals surface area contributed by atoms with Crippen molar-refractivity contribution in [2.75, 3.05) is 13.1 Å². The fourth-order valence-electron chi connectivity index (χ4n) is 1.97. The lowest BCUT2D eigenvalue weighted by molar-refractivity contribution is 0.232. The van der Waals surface area contributed by atoms with Crippen LogP contribution in [0.15, 0.2) is 12.4 Å². The van der Waals surface area contributed by atoms with Gasteiger partial charge in [0, 0.05) is 12.7 Å². The monoisotopic (exact) mass is 237 g/mol. The van der Waals surface area contributed by atoms with E-state index in [2.05, 4.69) is 51.2 Å². The van der Waals surface area contributed by atoms with E-state index in [0.29, 0.717) is 11.3 Å². The normalized spacial score (nSPS) is 13.9. The van der Waals surface area contributed by atoms with E-state index in [-0.39, 0.29) is 0 Å². The van der Waals surface area contributed by atoms with Gasteiger partial charge in [-0.15, -0.1) is 0 Å². The molecule has 3 nitrogen and oxygen atoms in total. The van der Waals surface area contributed by atoms with Crippen LogP contribution in [0.25, 0.3) is 0 Å². The summed E-state index contributed by atoms with van der Waals surface area (Å²) in [5.74, 6) is 0.650. The number of nitrogens with zero attached hydrogens (tertiary/aromatic N) is 2. The van der Waals surface area contributed by atoms with Crippen LogP contribution in [0, 0.1) is 11.3 Å². The van der Waals surface area contributed by atoms with Crippen molar-refractivity contribution in [2.24, 2.45) is 11.3 Å². The highest BCUT2D eigenvalue weighted by molar-refractivity contribution is 5.06. The number of hydrogen-bond donors (Lipinski definition) is 1. The van der Waals surface area contributed by atoms with E-state index in [1.54, 1.807) is 0 Å². The molecule has 1 rings (SSSR count).